The topological polar surface area (TPSA) is 47.1 Å². The van der Waals surface area contributed by atoms with E-state index in [0.29, 0.717) is 24.3 Å². The average molecular weight is 398 g/mol. The molecule has 3 fully saturated rings. The van der Waals surface area contributed by atoms with E-state index in [-0.39, 0.29) is 0 Å². The van der Waals surface area contributed by atoms with Gasteiger partial charge in [0.1, 0.15) is 11.6 Å². The minimum atomic E-state index is -0.888. The number of carbonyl (C=O) groups excluding carboxylic acids is 2. The molecule has 0 aliphatic carbocycles. The minimum absolute atomic E-state index is 0.304. The monoisotopic (exact) mass is 398 g/mol. The molecule has 0 saturated carbocycles. The average Bonchev–Trinajstić information content (AvgIpc) is 3.14. The molecule has 4 amide bonds. The van der Waals surface area contributed by atoms with Gasteiger partial charge in [0.25, 0.3) is 0 Å². The van der Waals surface area contributed by atoms with E-state index in [0.717, 1.165) is 30.8 Å². The van der Waals surface area contributed by atoms with Crippen molar-refractivity contribution < 1.29 is 18.4 Å². The fourth-order valence-electron chi connectivity index (χ4n) is 4.84. The minimum Gasteiger partial charge on any atom is -0.287 e. The number of hydrogen-bond acceptors (Lipinski definition) is 3. The van der Waals surface area contributed by atoms with Crippen molar-refractivity contribution in [2.45, 2.75) is 25.0 Å². The molecular formula is C21H20F2N4O2. The van der Waals surface area contributed by atoms with E-state index in [9.17, 15) is 18.4 Å². The summed E-state index contributed by atoms with van der Waals surface area (Å²) < 4.78 is 27.0. The molecule has 8 heteroatoms. The van der Waals surface area contributed by atoms with Crippen molar-refractivity contribution in [1.82, 2.24) is 9.80 Å². The van der Waals surface area contributed by atoms with Gasteiger partial charge >= 0.3 is 12.1 Å². The van der Waals surface area contributed by atoms with Crippen molar-refractivity contribution in [2.24, 2.45) is 0 Å². The van der Waals surface area contributed by atoms with Crippen LogP contribution in [0, 0.1) is 11.6 Å². The predicted octanol–water partition coefficient (Wildman–Crippen LogP) is 3.99. The van der Waals surface area contributed by atoms with Crippen LogP contribution >= 0.6 is 0 Å². The third-order valence-electron chi connectivity index (χ3n) is 6.02. The van der Waals surface area contributed by atoms with Gasteiger partial charge in [0.15, 0.2) is 5.79 Å². The SMILES string of the molecule is O=C1N(c2ccc(F)cc2)C(=O)N(c2ccc(F)cc2)C23CCCN2CCCN13. The molecule has 150 valence electrons. The number of nitrogens with zero attached hydrogens (tertiary/aromatic N) is 4. The van der Waals surface area contributed by atoms with E-state index in [2.05, 4.69) is 4.90 Å². The summed E-state index contributed by atoms with van der Waals surface area (Å²) in [5.41, 5.74) is 0.827. The fourth-order valence-corrected chi connectivity index (χ4v) is 4.84. The summed E-state index contributed by atoms with van der Waals surface area (Å²) in [6.45, 7) is 2.08. The molecule has 3 aliphatic heterocycles. The van der Waals surface area contributed by atoms with Gasteiger partial charge < -0.3 is 0 Å². The first-order valence-electron chi connectivity index (χ1n) is 9.74. The zero-order valence-electron chi connectivity index (χ0n) is 15.7. The number of hydrogen-bond donors (Lipinski definition) is 0. The summed E-state index contributed by atoms with van der Waals surface area (Å²) in [5.74, 6) is -1.73. The Morgan fingerprint density at radius 3 is 1.97 bits per heavy atom. The summed E-state index contributed by atoms with van der Waals surface area (Å²) >= 11 is 0. The zero-order valence-corrected chi connectivity index (χ0v) is 15.7. The Labute approximate surface area is 166 Å². The maximum atomic E-state index is 13.7. The number of amides is 4. The molecule has 1 unspecified atom stereocenters. The highest BCUT2D eigenvalue weighted by atomic mass is 19.1. The molecule has 1 spiro atoms. The van der Waals surface area contributed by atoms with Crippen LogP contribution in [0.2, 0.25) is 0 Å². The number of carbonyl (C=O) groups is 2. The summed E-state index contributed by atoms with van der Waals surface area (Å²) in [5, 5.41) is 0. The number of halogens is 2. The maximum absolute atomic E-state index is 13.7. The number of benzene rings is 2. The van der Waals surface area contributed by atoms with E-state index in [4.69, 9.17) is 0 Å². The lowest BCUT2D eigenvalue weighted by Gasteiger charge is -2.59. The Kier molecular flexibility index (Phi) is 4.06. The number of anilines is 2. The van der Waals surface area contributed by atoms with E-state index >= 15 is 0 Å². The van der Waals surface area contributed by atoms with Gasteiger partial charge in [0, 0.05) is 31.7 Å². The second-order valence-corrected chi connectivity index (χ2v) is 7.56. The van der Waals surface area contributed by atoms with Crippen molar-refractivity contribution in [3.8, 4) is 0 Å². The van der Waals surface area contributed by atoms with Crippen molar-refractivity contribution in [2.75, 3.05) is 29.4 Å². The van der Waals surface area contributed by atoms with Gasteiger partial charge in [-0.3, -0.25) is 14.7 Å². The molecule has 3 aliphatic rings. The Balaban J connectivity index is 1.68. The Morgan fingerprint density at radius 1 is 0.724 bits per heavy atom. The van der Waals surface area contributed by atoms with Gasteiger partial charge in [-0.2, -0.15) is 0 Å². The number of imide groups is 1. The molecule has 3 saturated heterocycles. The van der Waals surface area contributed by atoms with Gasteiger partial charge in [-0.15, -0.1) is 0 Å². The first-order chi connectivity index (χ1) is 14.0. The quantitative estimate of drug-likeness (QED) is 0.769. The van der Waals surface area contributed by atoms with Crippen LogP contribution in [0.4, 0.5) is 29.7 Å². The highest BCUT2D eigenvalue weighted by Gasteiger charge is 2.61. The van der Waals surface area contributed by atoms with Crippen LogP contribution in [-0.2, 0) is 0 Å². The molecule has 0 aromatic heterocycles. The van der Waals surface area contributed by atoms with Crippen LogP contribution in [0.3, 0.4) is 0 Å². The van der Waals surface area contributed by atoms with E-state index in [1.165, 1.54) is 36.4 Å². The molecule has 6 nitrogen and oxygen atoms in total. The van der Waals surface area contributed by atoms with Gasteiger partial charge in [0.05, 0.1) is 5.69 Å². The highest BCUT2D eigenvalue weighted by molar-refractivity contribution is 6.21. The molecule has 0 bridgehead atoms. The number of urea groups is 2. The van der Waals surface area contributed by atoms with E-state index in [1.807, 2.05) is 0 Å². The summed E-state index contributed by atoms with van der Waals surface area (Å²) in [7, 11) is 0. The van der Waals surface area contributed by atoms with Gasteiger partial charge in [-0.25, -0.2) is 23.3 Å². The highest BCUT2D eigenvalue weighted by Crippen LogP contribution is 2.45. The van der Waals surface area contributed by atoms with Crippen LogP contribution < -0.4 is 9.80 Å². The van der Waals surface area contributed by atoms with Crippen molar-refractivity contribution in [1.29, 1.82) is 0 Å². The Bertz CT molecular complexity index is 966. The smallest absolute Gasteiger partial charge is 0.287 e. The van der Waals surface area contributed by atoms with Crippen LogP contribution in [0.5, 0.6) is 0 Å². The largest absolute Gasteiger partial charge is 0.340 e. The maximum Gasteiger partial charge on any atom is 0.340 e. The second-order valence-electron chi connectivity index (χ2n) is 7.56. The van der Waals surface area contributed by atoms with E-state index < -0.39 is 29.5 Å². The standard InChI is InChI=1S/C21H20F2N4O2/c22-15-3-7-17(8-4-15)26-19(28)25-14-2-13-24-12-1-11-21(24,25)27(20(26)29)18-9-5-16(23)6-10-18/h3-10H,1-2,11-14H2. The molecule has 2 aromatic carbocycles. The van der Waals surface area contributed by atoms with E-state index in [1.54, 1.807) is 21.9 Å². The molecule has 29 heavy (non-hydrogen) atoms. The molecule has 3 heterocycles. The summed E-state index contributed by atoms with van der Waals surface area (Å²) in [6.07, 6.45) is 2.28. The van der Waals surface area contributed by atoms with Crippen LogP contribution in [0.15, 0.2) is 48.5 Å². The molecule has 0 radical (unpaired) electrons. The lowest BCUT2D eigenvalue weighted by Crippen LogP contribution is -2.80. The summed E-state index contributed by atoms with van der Waals surface area (Å²) in [6, 6.07) is 10.1. The summed E-state index contributed by atoms with van der Waals surface area (Å²) in [4.78, 5) is 33.7. The lowest BCUT2D eigenvalue weighted by molar-refractivity contribution is -0.0335. The van der Waals surface area contributed by atoms with Crippen molar-refractivity contribution in [3.05, 3.63) is 60.2 Å². The molecule has 2 aromatic rings. The molecule has 1 atom stereocenters. The Hall–Kier alpha value is -3.00. The molecular weight excluding hydrogens is 378 g/mol. The van der Waals surface area contributed by atoms with Gasteiger partial charge in [-0.05, 0) is 61.4 Å². The molecule has 0 N–H and O–H groups in total. The van der Waals surface area contributed by atoms with Crippen molar-refractivity contribution in [3.63, 3.8) is 0 Å². The number of rotatable bonds is 2. The normalized spacial score (nSPS) is 24.7. The Morgan fingerprint density at radius 2 is 1.31 bits per heavy atom. The lowest BCUT2D eigenvalue weighted by atomic mass is 10.0. The van der Waals surface area contributed by atoms with Crippen molar-refractivity contribution >= 4 is 23.4 Å². The van der Waals surface area contributed by atoms with Gasteiger partial charge in [-0.1, -0.05) is 0 Å². The zero-order chi connectivity index (χ0) is 20.2. The fraction of sp³-hybridized carbons (Fsp3) is 0.333. The molecule has 5 rings (SSSR count). The third-order valence-corrected chi connectivity index (χ3v) is 6.02. The first-order valence-corrected chi connectivity index (χ1v) is 9.74. The first kappa shape index (κ1) is 18.1. The van der Waals surface area contributed by atoms with Crippen LogP contribution in [0.25, 0.3) is 0 Å². The second kappa shape index (κ2) is 6.52. The van der Waals surface area contributed by atoms with Gasteiger partial charge in [0.2, 0.25) is 0 Å². The van der Waals surface area contributed by atoms with Crippen LogP contribution in [-0.4, -0.2) is 47.3 Å². The van der Waals surface area contributed by atoms with Crippen LogP contribution in [0.1, 0.15) is 19.3 Å². The third kappa shape index (κ3) is 2.55. The predicted molar refractivity (Wildman–Crippen MR) is 103 cm³/mol.